The lowest BCUT2D eigenvalue weighted by Crippen LogP contribution is -2.13. The Kier molecular flexibility index (Phi) is 5.14. The van der Waals surface area contributed by atoms with Crippen molar-refractivity contribution in [2.75, 3.05) is 20.0 Å². The van der Waals surface area contributed by atoms with E-state index in [-0.39, 0.29) is 16.9 Å². The summed E-state index contributed by atoms with van der Waals surface area (Å²) in [6, 6.07) is 16.2. The minimum Gasteiger partial charge on any atom is -0.465 e. The van der Waals surface area contributed by atoms with Crippen molar-refractivity contribution in [2.45, 2.75) is 0 Å². The average Bonchev–Trinajstić information content (AvgIpc) is 3.08. The second-order valence-electron chi connectivity index (χ2n) is 5.84. The molecule has 0 amide bonds. The summed E-state index contributed by atoms with van der Waals surface area (Å²) in [6.07, 6.45) is 1.45. The van der Waals surface area contributed by atoms with Crippen LogP contribution in [0.15, 0.2) is 54.7 Å². The van der Waals surface area contributed by atoms with Gasteiger partial charge in [-0.3, -0.25) is 0 Å². The summed E-state index contributed by atoms with van der Waals surface area (Å²) < 4.78 is 11.2. The van der Waals surface area contributed by atoms with Crippen LogP contribution in [0.25, 0.3) is 16.8 Å². The van der Waals surface area contributed by atoms with Crippen LogP contribution in [0.5, 0.6) is 0 Å². The summed E-state index contributed by atoms with van der Waals surface area (Å²) in [4.78, 5) is 24.8. The molecule has 0 aliphatic heterocycles. The first-order valence-electron chi connectivity index (χ1n) is 8.29. The highest BCUT2D eigenvalue weighted by molar-refractivity contribution is 6.01. The van der Waals surface area contributed by atoms with Gasteiger partial charge in [-0.05, 0) is 17.7 Å². The number of carbonyl (C=O) groups is 2. The van der Waals surface area contributed by atoms with Gasteiger partial charge in [-0.15, -0.1) is 0 Å². The van der Waals surface area contributed by atoms with Gasteiger partial charge in [0.1, 0.15) is 6.07 Å². The highest BCUT2D eigenvalue weighted by Gasteiger charge is 2.25. The zero-order valence-corrected chi connectivity index (χ0v) is 15.3. The summed E-state index contributed by atoms with van der Waals surface area (Å²) in [7, 11) is 2.53. The maximum absolute atomic E-state index is 12.4. The fraction of sp³-hybridized carbons (Fsp3) is 0.0952. The molecule has 0 aliphatic carbocycles. The molecule has 0 saturated heterocycles. The lowest BCUT2D eigenvalue weighted by atomic mass is 9.97. The van der Waals surface area contributed by atoms with Gasteiger partial charge in [-0.2, -0.15) is 5.26 Å². The molecule has 0 saturated carbocycles. The average molecular weight is 375 g/mol. The number of carbonyl (C=O) groups excluding carboxylic acids is 2. The second kappa shape index (κ2) is 7.68. The summed E-state index contributed by atoms with van der Waals surface area (Å²) in [5, 5.41) is 9.36. The first-order chi connectivity index (χ1) is 13.5. The van der Waals surface area contributed by atoms with Crippen molar-refractivity contribution < 1.29 is 19.1 Å². The van der Waals surface area contributed by atoms with E-state index in [0.717, 1.165) is 5.56 Å². The van der Waals surface area contributed by atoms with Crippen molar-refractivity contribution >= 4 is 17.6 Å². The Morgan fingerprint density at radius 2 is 1.68 bits per heavy atom. The van der Waals surface area contributed by atoms with Crippen LogP contribution in [-0.2, 0) is 9.47 Å². The summed E-state index contributed by atoms with van der Waals surface area (Å²) >= 11 is 0. The van der Waals surface area contributed by atoms with Gasteiger partial charge in [0.25, 0.3) is 0 Å². The third-order valence-electron chi connectivity index (χ3n) is 4.31. The van der Waals surface area contributed by atoms with Crippen LogP contribution in [-0.4, -0.2) is 30.7 Å². The van der Waals surface area contributed by atoms with Gasteiger partial charge in [0.15, 0.2) is 5.69 Å². The third kappa shape index (κ3) is 3.08. The molecule has 0 radical (unpaired) electrons. The maximum atomic E-state index is 12.4. The molecule has 0 aliphatic rings. The van der Waals surface area contributed by atoms with E-state index in [1.807, 2.05) is 36.4 Å². The maximum Gasteiger partial charge on any atom is 0.357 e. The zero-order valence-electron chi connectivity index (χ0n) is 15.3. The van der Waals surface area contributed by atoms with Gasteiger partial charge in [0, 0.05) is 11.8 Å². The molecule has 0 spiro atoms. The normalized spacial score (nSPS) is 10.2. The number of methoxy groups -OCH3 is 2. The molecule has 3 aromatic rings. The van der Waals surface area contributed by atoms with Gasteiger partial charge in [-0.25, -0.2) is 9.59 Å². The molecule has 28 heavy (non-hydrogen) atoms. The number of nitrogen functional groups attached to an aromatic ring is 1. The van der Waals surface area contributed by atoms with Crippen molar-refractivity contribution in [3.8, 4) is 22.9 Å². The number of rotatable bonds is 4. The Balaban J connectivity index is 2.40. The number of esters is 2. The molecular weight excluding hydrogens is 358 g/mol. The molecule has 3 rings (SSSR count). The van der Waals surface area contributed by atoms with E-state index >= 15 is 0 Å². The van der Waals surface area contributed by atoms with Gasteiger partial charge in [-0.1, -0.05) is 36.4 Å². The minimum atomic E-state index is -0.693. The molecule has 7 nitrogen and oxygen atoms in total. The first kappa shape index (κ1) is 18.7. The topological polar surface area (TPSA) is 107 Å². The number of hydrogen-bond acceptors (Lipinski definition) is 6. The predicted molar refractivity (Wildman–Crippen MR) is 103 cm³/mol. The van der Waals surface area contributed by atoms with Crippen molar-refractivity contribution in [2.24, 2.45) is 0 Å². The summed E-state index contributed by atoms with van der Waals surface area (Å²) in [6.45, 7) is 0. The monoisotopic (exact) mass is 375 g/mol. The smallest absolute Gasteiger partial charge is 0.357 e. The van der Waals surface area contributed by atoms with Crippen LogP contribution >= 0.6 is 0 Å². The lowest BCUT2D eigenvalue weighted by molar-refractivity contribution is 0.0588. The molecule has 0 bridgehead atoms. The number of ether oxygens (including phenoxy) is 2. The summed E-state index contributed by atoms with van der Waals surface area (Å²) in [5.41, 5.74) is 8.24. The van der Waals surface area contributed by atoms with Gasteiger partial charge >= 0.3 is 11.9 Å². The Labute approximate surface area is 161 Å². The Morgan fingerprint density at radius 3 is 2.29 bits per heavy atom. The predicted octanol–water partition coefficient (Wildman–Crippen LogP) is 3.17. The Morgan fingerprint density at radius 1 is 1.00 bits per heavy atom. The quantitative estimate of drug-likeness (QED) is 0.702. The third-order valence-corrected chi connectivity index (χ3v) is 4.31. The number of aromatic nitrogens is 1. The van der Waals surface area contributed by atoms with E-state index < -0.39 is 11.9 Å². The fourth-order valence-corrected chi connectivity index (χ4v) is 3.03. The van der Waals surface area contributed by atoms with Crippen LogP contribution in [0, 0.1) is 11.3 Å². The van der Waals surface area contributed by atoms with Crippen LogP contribution in [0.1, 0.15) is 26.4 Å². The molecule has 1 aromatic heterocycles. The SMILES string of the molecule is COC(=O)c1cccc(-n2cc(C#N)c(N)c2C(=O)OC)c1-c1ccccc1. The molecule has 0 fully saturated rings. The van der Waals surface area contributed by atoms with Crippen molar-refractivity contribution in [1.29, 1.82) is 5.26 Å². The number of nitriles is 1. The Bertz CT molecular complexity index is 1090. The molecule has 1 heterocycles. The highest BCUT2D eigenvalue weighted by Crippen LogP contribution is 2.34. The van der Waals surface area contributed by atoms with Gasteiger partial charge in [0.05, 0.1) is 36.7 Å². The Hall–Kier alpha value is -4.05. The highest BCUT2D eigenvalue weighted by atomic mass is 16.5. The van der Waals surface area contributed by atoms with E-state index in [2.05, 4.69) is 0 Å². The number of benzene rings is 2. The first-order valence-corrected chi connectivity index (χ1v) is 8.29. The standard InChI is InChI=1S/C21H17N3O4/c1-27-20(25)15-9-6-10-16(17(15)13-7-4-3-5-8-13)24-12-14(11-22)18(23)19(24)21(26)28-2/h3-10,12H,23H2,1-2H3. The lowest BCUT2D eigenvalue weighted by Gasteiger charge is -2.16. The van der Waals surface area contributed by atoms with Crippen LogP contribution in [0.2, 0.25) is 0 Å². The summed E-state index contributed by atoms with van der Waals surface area (Å²) in [5.74, 6) is -1.22. The van der Waals surface area contributed by atoms with E-state index in [1.165, 1.54) is 25.0 Å². The second-order valence-corrected chi connectivity index (χ2v) is 5.84. The fourth-order valence-electron chi connectivity index (χ4n) is 3.03. The number of anilines is 1. The van der Waals surface area contributed by atoms with E-state index in [4.69, 9.17) is 15.2 Å². The molecule has 7 heteroatoms. The number of hydrogen-bond donors (Lipinski definition) is 1. The number of nitrogens with zero attached hydrogens (tertiary/aromatic N) is 2. The zero-order chi connectivity index (χ0) is 20.3. The number of nitrogens with two attached hydrogens (primary N) is 1. The molecule has 2 aromatic carbocycles. The van der Waals surface area contributed by atoms with Crippen LogP contribution in [0.4, 0.5) is 5.69 Å². The van der Waals surface area contributed by atoms with E-state index in [9.17, 15) is 14.9 Å². The van der Waals surface area contributed by atoms with E-state index in [1.54, 1.807) is 18.2 Å². The van der Waals surface area contributed by atoms with Gasteiger partial charge in [0.2, 0.25) is 0 Å². The molecular formula is C21H17N3O4. The minimum absolute atomic E-state index is 0.0110. The van der Waals surface area contributed by atoms with E-state index in [0.29, 0.717) is 16.8 Å². The van der Waals surface area contributed by atoms with Gasteiger partial charge < -0.3 is 19.8 Å². The van der Waals surface area contributed by atoms with Crippen LogP contribution < -0.4 is 5.73 Å². The largest absolute Gasteiger partial charge is 0.465 e. The molecule has 0 atom stereocenters. The van der Waals surface area contributed by atoms with Crippen molar-refractivity contribution in [1.82, 2.24) is 4.57 Å². The molecule has 140 valence electrons. The van der Waals surface area contributed by atoms with Crippen molar-refractivity contribution in [3.63, 3.8) is 0 Å². The molecule has 0 unspecified atom stereocenters. The molecule has 2 N–H and O–H groups in total. The van der Waals surface area contributed by atoms with Crippen molar-refractivity contribution in [3.05, 3.63) is 71.5 Å². The van der Waals surface area contributed by atoms with Crippen LogP contribution in [0.3, 0.4) is 0 Å².